The van der Waals surface area contributed by atoms with E-state index in [1.54, 1.807) is 0 Å². The number of unbranched alkanes of at least 4 members (excludes halogenated alkanes) is 3. The Balaban J connectivity index is 2.29. The monoisotopic (exact) mass is 342 g/mol. The summed E-state index contributed by atoms with van der Waals surface area (Å²) in [5.41, 5.74) is 0. The molecule has 2 aromatic rings. The Morgan fingerprint density at radius 1 is 0.750 bits per heavy atom. The lowest BCUT2D eigenvalue weighted by atomic mass is 10.0. The summed E-state index contributed by atoms with van der Waals surface area (Å²) < 4.78 is 0. The molecule has 0 heterocycles. The van der Waals surface area contributed by atoms with Gasteiger partial charge in [-0.25, -0.2) is 0 Å². The maximum atomic E-state index is 12.0. The topological polar surface area (TPSA) is 40.5 Å². The van der Waals surface area contributed by atoms with Gasteiger partial charge in [0.1, 0.15) is 0 Å². The number of aliphatic hydroxyl groups is 1. The summed E-state index contributed by atoms with van der Waals surface area (Å²) >= 11 is 0. The third-order valence-corrected chi connectivity index (χ3v) is 9.62. The van der Waals surface area contributed by atoms with Gasteiger partial charge in [0.15, 0.2) is 0 Å². The highest BCUT2D eigenvalue weighted by molar-refractivity contribution is 6.98. The molecule has 130 valence electrons. The summed E-state index contributed by atoms with van der Waals surface area (Å²) in [6, 6.07) is 20.4. The van der Waals surface area contributed by atoms with Crippen molar-refractivity contribution in [1.82, 2.24) is 0 Å². The van der Waals surface area contributed by atoms with Crippen LogP contribution in [-0.4, -0.2) is 24.8 Å². The standard InChI is InChI=1S/C21H30O2Si/c1-21(2,17-11-3-4-12-18-22)24(23,19-13-7-5-8-14-19)20-15-9-6-10-16-20/h5-10,13-16,22-23H,3-4,11-12,17-18H2,1-2H3. The van der Waals surface area contributed by atoms with Crippen LogP contribution in [0.2, 0.25) is 5.04 Å². The molecule has 0 fully saturated rings. The zero-order valence-corrected chi connectivity index (χ0v) is 15.9. The molecule has 0 aliphatic rings. The fourth-order valence-electron chi connectivity index (χ4n) is 3.52. The van der Waals surface area contributed by atoms with E-state index in [0.717, 1.165) is 42.5 Å². The predicted octanol–water partition coefficient (Wildman–Crippen LogP) is 3.46. The first kappa shape index (κ1) is 18.9. The minimum atomic E-state index is -2.85. The van der Waals surface area contributed by atoms with Crippen LogP contribution in [0.4, 0.5) is 0 Å². The van der Waals surface area contributed by atoms with Crippen molar-refractivity contribution >= 4 is 18.7 Å². The molecule has 0 spiro atoms. The fraction of sp³-hybridized carbons (Fsp3) is 0.429. The molecule has 0 atom stereocenters. The van der Waals surface area contributed by atoms with Gasteiger partial charge < -0.3 is 9.90 Å². The third kappa shape index (κ3) is 4.15. The second-order valence-electron chi connectivity index (χ2n) is 7.21. The van der Waals surface area contributed by atoms with Crippen molar-refractivity contribution in [1.29, 1.82) is 0 Å². The second kappa shape index (κ2) is 8.61. The Hall–Kier alpha value is -1.42. The van der Waals surface area contributed by atoms with Crippen molar-refractivity contribution < 1.29 is 9.90 Å². The average molecular weight is 343 g/mol. The second-order valence-corrected chi connectivity index (χ2v) is 11.1. The Morgan fingerprint density at radius 2 is 1.21 bits per heavy atom. The van der Waals surface area contributed by atoms with Gasteiger partial charge in [-0.15, -0.1) is 0 Å². The Bertz CT molecular complexity index is 556. The molecule has 0 amide bonds. The first-order valence-corrected chi connectivity index (χ1v) is 10.9. The molecule has 0 aromatic heterocycles. The van der Waals surface area contributed by atoms with Crippen LogP contribution in [0.1, 0.15) is 46.0 Å². The van der Waals surface area contributed by atoms with E-state index >= 15 is 0 Å². The lowest BCUT2D eigenvalue weighted by Crippen LogP contribution is -2.65. The molecule has 0 unspecified atom stereocenters. The van der Waals surface area contributed by atoms with Gasteiger partial charge in [0.25, 0.3) is 8.32 Å². The van der Waals surface area contributed by atoms with Crippen molar-refractivity contribution in [3.8, 4) is 0 Å². The van der Waals surface area contributed by atoms with Crippen LogP contribution in [0, 0.1) is 0 Å². The molecule has 0 saturated heterocycles. The predicted molar refractivity (Wildman–Crippen MR) is 104 cm³/mol. The summed E-state index contributed by atoms with van der Waals surface area (Å²) in [5, 5.41) is 10.9. The van der Waals surface area contributed by atoms with Gasteiger partial charge in [-0.2, -0.15) is 0 Å². The van der Waals surface area contributed by atoms with Gasteiger partial charge in [0.2, 0.25) is 0 Å². The SMILES string of the molecule is CC(C)(CCCCCCO)[Si](O)(c1ccccc1)c1ccccc1. The molecular formula is C21H30O2Si. The summed E-state index contributed by atoms with van der Waals surface area (Å²) in [5.74, 6) is 0. The first-order valence-electron chi connectivity index (χ1n) is 8.96. The van der Waals surface area contributed by atoms with Gasteiger partial charge in [-0.1, -0.05) is 93.8 Å². The Labute approximate surface area is 147 Å². The van der Waals surface area contributed by atoms with Crippen LogP contribution in [0.3, 0.4) is 0 Å². The molecule has 0 aliphatic heterocycles. The molecular weight excluding hydrogens is 312 g/mol. The Morgan fingerprint density at radius 3 is 1.67 bits per heavy atom. The van der Waals surface area contributed by atoms with Crippen LogP contribution in [0.5, 0.6) is 0 Å². The molecule has 2 rings (SSSR count). The molecule has 24 heavy (non-hydrogen) atoms. The highest BCUT2D eigenvalue weighted by Crippen LogP contribution is 2.40. The molecule has 3 heteroatoms. The van der Waals surface area contributed by atoms with E-state index in [2.05, 4.69) is 38.1 Å². The van der Waals surface area contributed by atoms with Gasteiger partial charge >= 0.3 is 0 Å². The van der Waals surface area contributed by atoms with Gasteiger partial charge in [0.05, 0.1) is 0 Å². The van der Waals surface area contributed by atoms with Crippen molar-refractivity contribution in [2.45, 2.75) is 51.0 Å². The minimum absolute atomic E-state index is 0.158. The first-order chi connectivity index (χ1) is 11.5. The zero-order valence-electron chi connectivity index (χ0n) is 14.9. The van der Waals surface area contributed by atoms with Crippen LogP contribution in [-0.2, 0) is 0 Å². The maximum absolute atomic E-state index is 12.0. The van der Waals surface area contributed by atoms with E-state index in [1.165, 1.54) is 0 Å². The fourth-order valence-corrected chi connectivity index (χ4v) is 7.30. The summed E-state index contributed by atoms with van der Waals surface area (Å²) in [7, 11) is -2.85. The molecule has 2 nitrogen and oxygen atoms in total. The van der Waals surface area contributed by atoms with Gasteiger partial charge in [0, 0.05) is 6.61 Å². The Kier molecular flexibility index (Phi) is 6.78. The van der Waals surface area contributed by atoms with Gasteiger partial charge in [-0.3, -0.25) is 0 Å². The van der Waals surface area contributed by atoms with E-state index in [1.807, 2.05) is 36.4 Å². The third-order valence-electron chi connectivity index (χ3n) is 5.07. The van der Waals surface area contributed by atoms with E-state index in [-0.39, 0.29) is 11.6 Å². The lowest BCUT2D eigenvalue weighted by Gasteiger charge is -2.41. The van der Waals surface area contributed by atoms with E-state index in [9.17, 15) is 4.80 Å². The minimum Gasteiger partial charge on any atom is -0.424 e. The maximum Gasteiger partial charge on any atom is 0.258 e. The highest BCUT2D eigenvalue weighted by atomic mass is 28.4. The number of hydrogen-bond acceptors (Lipinski definition) is 2. The van der Waals surface area contributed by atoms with E-state index < -0.39 is 8.32 Å². The average Bonchev–Trinajstić information content (AvgIpc) is 2.62. The molecule has 2 N–H and O–H groups in total. The number of hydrogen-bond donors (Lipinski definition) is 2. The zero-order chi connectivity index (χ0) is 17.5. The van der Waals surface area contributed by atoms with Crippen LogP contribution >= 0.6 is 0 Å². The molecule has 2 aromatic carbocycles. The quantitative estimate of drug-likeness (QED) is 0.541. The summed E-state index contributed by atoms with van der Waals surface area (Å²) in [6.45, 7) is 4.70. The normalized spacial score (nSPS) is 12.3. The number of benzene rings is 2. The number of rotatable bonds is 9. The van der Waals surface area contributed by atoms with Gasteiger partial charge in [-0.05, 0) is 28.3 Å². The van der Waals surface area contributed by atoms with Crippen molar-refractivity contribution in [2.24, 2.45) is 0 Å². The highest BCUT2D eigenvalue weighted by Gasteiger charge is 2.49. The van der Waals surface area contributed by atoms with Crippen molar-refractivity contribution in [3.05, 3.63) is 60.7 Å². The van der Waals surface area contributed by atoms with Crippen LogP contribution < -0.4 is 10.4 Å². The lowest BCUT2D eigenvalue weighted by molar-refractivity contribution is 0.281. The van der Waals surface area contributed by atoms with E-state index in [0.29, 0.717) is 0 Å². The van der Waals surface area contributed by atoms with Crippen LogP contribution in [0.25, 0.3) is 0 Å². The molecule has 0 radical (unpaired) electrons. The molecule has 0 saturated carbocycles. The summed E-state index contributed by atoms with van der Waals surface area (Å²) in [6.07, 6.45) is 5.12. The van der Waals surface area contributed by atoms with E-state index in [4.69, 9.17) is 5.11 Å². The number of aliphatic hydroxyl groups excluding tert-OH is 1. The molecule has 0 bridgehead atoms. The summed E-state index contributed by atoms with van der Waals surface area (Å²) in [4.78, 5) is 12.0. The van der Waals surface area contributed by atoms with Crippen molar-refractivity contribution in [3.63, 3.8) is 0 Å². The largest absolute Gasteiger partial charge is 0.424 e. The van der Waals surface area contributed by atoms with Crippen LogP contribution in [0.15, 0.2) is 60.7 Å². The molecule has 0 aliphatic carbocycles. The smallest absolute Gasteiger partial charge is 0.258 e. The van der Waals surface area contributed by atoms with Crippen molar-refractivity contribution in [2.75, 3.05) is 6.61 Å².